The van der Waals surface area contributed by atoms with Crippen LogP contribution in [0.5, 0.6) is 5.75 Å². The van der Waals surface area contributed by atoms with E-state index in [0.717, 1.165) is 0 Å². The summed E-state index contributed by atoms with van der Waals surface area (Å²) in [6, 6.07) is 4.19. The summed E-state index contributed by atoms with van der Waals surface area (Å²) in [4.78, 5) is 51.0. The normalized spacial score (nSPS) is 13.5. The summed E-state index contributed by atoms with van der Waals surface area (Å²) in [5.41, 5.74) is -1.21. The fraction of sp³-hybridized carbons (Fsp3) is 0.600. The van der Waals surface area contributed by atoms with Crippen molar-refractivity contribution in [3.05, 3.63) is 29.8 Å². The number of ether oxygens (including phenoxy) is 3. The molecule has 0 saturated heterocycles. The molecule has 2 atom stereocenters. The Morgan fingerprint density at radius 3 is 1.82 bits per heavy atom. The quantitative estimate of drug-likeness (QED) is 0.411. The van der Waals surface area contributed by atoms with Crippen LogP contribution in [0.25, 0.3) is 0 Å². The highest BCUT2D eigenvalue weighted by Crippen LogP contribution is 2.16. The fourth-order valence-electron chi connectivity index (χ4n) is 2.88. The molecule has 9 nitrogen and oxygen atoms in total. The lowest BCUT2D eigenvalue weighted by Gasteiger charge is -2.28. The summed E-state index contributed by atoms with van der Waals surface area (Å²) in [6.07, 6.45) is -1.07. The molecule has 0 aliphatic heterocycles. The Hall–Kier alpha value is -3.10. The van der Waals surface area contributed by atoms with Gasteiger partial charge in [-0.15, -0.1) is 0 Å². The number of carbonyl (C=O) groups excluding carboxylic acids is 4. The Morgan fingerprint density at radius 2 is 1.38 bits per heavy atom. The van der Waals surface area contributed by atoms with Crippen LogP contribution in [0.4, 0.5) is 4.79 Å². The molecule has 0 unspecified atom stereocenters. The van der Waals surface area contributed by atoms with E-state index in [4.69, 9.17) is 14.2 Å². The average Bonchev–Trinajstić information content (AvgIpc) is 2.68. The first-order valence-electron chi connectivity index (χ1n) is 11.2. The molecule has 1 aromatic rings. The van der Waals surface area contributed by atoms with E-state index in [0.29, 0.717) is 11.3 Å². The number of amides is 2. The molecule has 34 heavy (non-hydrogen) atoms. The molecular weight excluding hydrogens is 440 g/mol. The Balaban J connectivity index is 3.07. The van der Waals surface area contributed by atoms with Gasteiger partial charge in [0.1, 0.15) is 29.0 Å². The number of hydrogen-bond donors (Lipinski definition) is 2. The first-order valence-corrected chi connectivity index (χ1v) is 11.2. The molecule has 0 bridgehead atoms. The number of hydrogen-bond acceptors (Lipinski definition) is 7. The number of rotatable bonds is 9. The highest BCUT2D eigenvalue weighted by Gasteiger charge is 2.33. The van der Waals surface area contributed by atoms with Crippen molar-refractivity contribution < 1.29 is 33.4 Å². The highest BCUT2D eigenvalue weighted by molar-refractivity contribution is 6.00. The molecule has 1 aromatic carbocycles. The van der Waals surface area contributed by atoms with Gasteiger partial charge in [0.25, 0.3) is 0 Å². The third-order valence-electron chi connectivity index (χ3n) is 4.43. The molecule has 0 fully saturated rings. The lowest BCUT2D eigenvalue weighted by Crippen LogP contribution is -2.55. The van der Waals surface area contributed by atoms with Gasteiger partial charge in [0, 0.05) is 12.0 Å². The van der Waals surface area contributed by atoms with Crippen molar-refractivity contribution in [3.63, 3.8) is 0 Å². The van der Waals surface area contributed by atoms with Gasteiger partial charge in [-0.1, -0.05) is 13.8 Å². The molecule has 0 aromatic heterocycles. The Morgan fingerprint density at radius 1 is 0.853 bits per heavy atom. The molecular formula is C25H38N2O7. The van der Waals surface area contributed by atoms with Crippen LogP contribution in [0.2, 0.25) is 0 Å². The van der Waals surface area contributed by atoms with Gasteiger partial charge in [-0.25, -0.2) is 9.59 Å². The third kappa shape index (κ3) is 10.2. The smallest absolute Gasteiger partial charge is 0.408 e. The summed E-state index contributed by atoms with van der Waals surface area (Å²) in [6.45, 7) is 13.7. The van der Waals surface area contributed by atoms with Crippen molar-refractivity contribution in [3.8, 4) is 5.75 Å². The largest absolute Gasteiger partial charge is 0.497 e. The van der Waals surface area contributed by atoms with Crippen molar-refractivity contribution in [1.29, 1.82) is 0 Å². The van der Waals surface area contributed by atoms with Crippen molar-refractivity contribution >= 4 is 23.8 Å². The minimum atomic E-state index is -1.25. The van der Waals surface area contributed by atoms with E-state index in [9.17, 15) is 19.2 Å². The predicted molar refractivity (Wildman–Crippen MR) is 128 cm³/mol. The second-order valence-corrected chi connectivity index (χ2v) is 10.3. The zero-order valence-corrected chi connectivity index (χ0v) is 21.6. The third-order valence-corrected chi connectivity index (χ3v) is 4.43. The molecule has 0 spiro atoms. The molecule has 2 N–H and O–H groups in total. The number of methoxy groups -OCH3 is 1. The van der Waals surface area contributed by atoms with Crippen molar-refractivity contribution in [2.45, 2.75) is 85.1 Å². The number of esters is 1. The van der Waals surface area contributed by atoms with E-state index in [1.165, 1.54) is 7.11 Å². The Labute approximate surface area is 201 Å². The second-order valence-electron chi connectivity index (χ2n) is 10.3. The summed E-state index contributed by atoms with van der Waals surface area (Å²) in [7, 11) is 1.52. The van der Waals surface area contributed by atoms with Crippen molar-refractivity contribution in [1.82, 2.24) is 10.6 Å². The van der Waals surface area contributed by atoms with Gasteiger partial charge in [-0.05, 0) is 71.7 Å². The standard InChI is InChI=1S/C25H38N2O7/c1-15(2)20(27-23(31)34-25(6,7)8)21(29)26-18(22(30)33-24(3,4)5)14-19(28)16-10-12-17(32-9)13-11-16/h10-13,15,18,20H,14H2,1-9H3,(H,26,29)(H,27,31)/t18-,20-/m0/s1. The van der Waals surface area contributed by atoms with E-state index in [-0.39, 0.29) is 18.1 Å². The number of ketones is 1. The van der Waals surface area contributed by atoms with Crippen LogP contribution in [0.3, 0.4) is 0 Å². The van der Waals surface area contributed by atoms with Gasteiger partial charge >= 0.3 is 12.1 Å². The predicted octanol–water partition coefficient (Wildman–Crippen LogP) is 3.64. The highest BCUT2D eigenvalue weighted by atomic mass is 16.6. The molecule has 0 aliphatic carbocycles. The van der Waals surface area contributed by atoms with Crippen molar-refractivity contribution in [2.75, 3.05) is 7.11 Å². The van der Waals surface area contributed by atoms with Gasteiger partial charge in [0.05, 0.1) is 7.11 Å². The summed E-state index contributed by atoms with van der Waals surface area (Å²) in [5, 5.41) is 5.12. The van der Waals surface area contributed by atoms with Crippen LogP contribution in [0.15, 0.2) is 24.3 Å². The van der Waals surface area contributed by atoms with E-state index in [1.54, 1.807) is 79.7 Å². The lowest BCUT2D eigenvalue weighted by atomic mass is 10.0. The molecule has 2 amide bonds. The molecule has 9 heteroatoms. The number of alkyl carbamates (subject to hydrolysis) is 1. The van der Waals surface area contributed by atoms with Crippen LogP contribution >= 0.6 is 0 Å². The second kappa shape index (κ2) is 11.9. The van der Waals surface area contributed by atoms with E-state index >= 15 is 0 Å². The molecule has 0 heterocycles. The summed E-state index contributed by atoms with van der Waals surface area (Å²) < 4.78 is 15.8. The van der Waals surface area contributed by atoms with Crippen LogP contribution in [0.1, 0.15) is 72.2 Å². The van der Waals surface area contributed by atoms with Gasteiger partial charge in [0.2, 0.25) is 5.91 Å². The molecule has 190 valence electrons. The SMILES string of the molecule is COc1ccc(C(=O)C[C@H](NC(=O)[C@@H](NC(=O)OC(C)(C)C)C(C)C)C(=O)OC(C)(C)C)cc1. The Bertz CT molecular complexity index is 865. The van der Waals surface area contributed by atoms with Crippen LogP contribution in [-0.4, -0.2) is 54.1 Å². The van der Waals surface area contributed by atoms with Crippen molar-refractivity contribution in [2.24, 2.45) is 5.92 Å². The monoisotopic (exact) mass is 478 g/mol. The summed E-state index contributed by atoms with van der Waals surface area (Å²) in [5.74, 6) is -1.47. The average molecular weight is 479 g/mol. The van der Waals surface area contributed by atoms with Gasteiger partial charge in [0.15, 0.2) is 5.78 Å². The first kappa shape index (κ1) is 28.9. The van der Waals surface area contributed by atoms with Crippen LogP contribution < -0.4 is 15.4 Å². The zero-order chi connectivity index (χ0) is 26.3. The number of nitrogens with one attached hydrogen (secondary N) is 2. The molecule has 1 rings (SSSR count). The maximum atomic E-state index is 13.1. The van der Waals surface area contributed by atoms with E-state index in [2.05, 4.69) is 10.6 Å². The number of carbonyl (C=O) groups is 4. The number of Topliss-reactive ketones (excluding diaryl/α,β-unsaturated/α-hetero) is 1. The van der Waals surface area contributed by atoms with E-state index in [1.807, 2.05) is 0 Å². The molecule has 0 saturated carbocycles. The Kier molecular flexibility index (Phi) is 10.1. The maximum Gasteiger partial charge on any atom is 0.408 e. The van der Waals surface area contributed by atoms with E-state index < -0.39 is 41.3 Å². The molecule has 0 radical (unpaired) electrons. The minimum Gasteiger partial charge on any atom is -0.497 e. The van der Waals surface area contributed by atoms with Gasteiger partial charge < -0.3 is 24.8 Å². The first-order chi connectivity index (χ1) is 15.5. The summed E-state index contributed by atoms with van der Waals surface area (Å²) >= 11 is 0. The van der Waals surface area contributed by atoms with Gasteiger partial charge in [-0.3, -0.25) is 9.59 Å². The maximum absolute atomic E-state index is 13.1. The number of benzene rings is 1. The minimum absolute atomic E-state index is 0.315. The van der Waals surface area contributed by atoms with Crippen LogP contribution in [-0.2, 0) is 19.1 Å². The zero-order valence-electron chi connectivity index (χ0n) is 21.6. The molecule has 0 aliphatic rings. The van der Waals surface area contributed by atoms with Crippen LogP contribution in [0, 0.1) is 5.92 Å². The lowest BCUT2D eigenvalue weighted by molar-refractivity contribution is -0.158. The topological polar surface area (TPSA) is 120 Å². The fourth-order valence-corrected chi connectivity index (χ4v) is 2.88. The van der Waals surface area contributed by atoms with Gasteiger partial charge in [-0.2, -0.15) is 0 Å².